The molecule has 1 fully saturated rings. The maximum Gasteiger partial charge on any atom is 0.290 e. The highest BCUT2D eigenvalue weighted by molar-refractivity contribution is 9.15. The maximum atomic E-state index is 7.11. The molecule has 0 radical (unpaired) electrons. The van der Waals surface area contributed by atoms with Crippen LogP contribution < -0.4 is 36.1 Å². The molecule has 1 aliphatic carbocycles. The molecule has 5 heterocycles. The number of hydrogen-bond acceptors (Lipinski definition) is 3. The number of H-pyrrole nitrogens is 1. The number of benzene rings is 3. The molecule has 60 heavy (non-hydrogen) atoms. The Hall–Kier alpha value is 2.10. The second-order valence-corrected chi connectivity index (χ2v) is 25.7. The van der Waals surface area contributed by atoms with E-state index in [1.807, 2.05) is 0 Å². The lowest BCUT2D eigenvalue weighted by Crippen LogP contribution is -2.49. The van der Waals surface area contributed by atoms with Crippen LogP contribution in [-0.2, 0) is 0 Å². The van der Waals surface area contributed by atoms with E-state index >= 15 is 0 Å². The topological polar surface area (TPSA) is 63.9 Å². The minimum absolute atomic E-state index is 0.164. The van der Waals surface area contributed by atoms with E-state index in [2.05, 4.69) is 259 Å². The van der Waals surface area contributed by atoms with E-state index in [9.17, 15) is 0 Å². The number of allylic oxidation sites excluding steroid dienone is 2. The van der Waals surface area contributed by atoms with E-state index in [0.29, 0.717) is 29.0 Å². The van der Waals surface area contributed by atoms with Gasteiger partial charge in [-0.15, -0.1) is 0 Å². The van der Waals surface area contributed by atoms with Gasteiger partial charge >= 0.3 is 0 Å². The van der Waals surface area contributed by atoms with Crippen molar-refractivity contribution in [3.8, 4) is 0 Å². The van der Waals surface area contributed by atoms with Gasteiger partial charge in [-0.05, 0) is 159 Å². The number of rotatable bonds is 0. The van der Waals surface area contributed by atoms with Gasteiger partial charge in [0.15, 0.2) is 12.3 Å². The molecule has 0 saturated carbocycles. The SMILES string of the molecule is C[N+]1=C2NC(c3c(Br)c(Cl)c(Br)c(Br)c32)[N+](C)=c2[nH]c(c3c(Br)c(Cl)c(Br)c(Br)c23)=[N+](C)C2NC(=[N+](C)C3NC1c1c(Br)c(Cl)c(Br)c(Br)c13)C1C(Br)=C(Cl)C(Br)=C(Br)C12. The fraction of sp³-hybridized carbons (Fsp3) is 0.278. The van der Waals surface area contributed by atoms with E-state index < -0.39 is 12.3 Å². The largest absolute Gasteiger partial charge is 0.290 e. The van der Waals surface area contributed by atoms with Gasteiger partial charge in [-0.3, -0.25) is 0 Å². The van der Waals surface area contributed by atoms with E-state index in [0.717, 1.165) is 100 Å². The van der Waals surface area contributed by atoms with Gasteiger partial charge in [0.25, 0.3) is 28.8 Å². The van der Waals surface area contributed by atoms with Gasteiger partial charge in [0.05, 0.1) is 98.5 Å². The molecule has 4 N–H and O–H groups in total. The number of aromatic amines is 1. The number of aromatic nitrogens is 1. The minimum atomic E-state index is -0.451. The Labute approximate surface area is 464 Å². The fourth-order valence-electron chi connectivity index (χ4n) is 8.88. The van der Waals surface area contributed by atoms with Crippen LogP contribution in [0.15, 0.2) is 58.7 Å². The molecule has 6 atom stereocenters. The summed E-state index contributed by atoms with van der Waals surface area (Å²) in [4.78, 5) is 3.88. The van der Waals surface area contributed by atoms with Crippen LogP contribution in [0.1, 0.15) is 40.8 Å². The van der Waals surface area contributed by atoms with Gasteiger partial charge in [0.2, 0.25) is 6.17 Å². The Kier molecular flexibility index (Phi) is 13.3. The number of fused-ring (bicyclic) bond motifs is 20. The minimum Gasteiger partial charge on any atom is -0.247 e. The lowest BCUT2D eigenvalue weighted by molar-refractivity contribution is -0.588. The third-order valence-electron chi connectivity index (χ3n) is 11.8. The zero-order valence-electron chi connectivity index (χ0n) is 30.3. The molecule has 314 valence electrons. The molecule has 4 aliphatic heterocycles. The first-order valence-corrected chi connectivity index (χ1v) is 28.3. The van der Waals surface area contributed by atoms with Gasteiger partial charge < -0.3 is 0 Å². The van der Waals surface area contributed by atoms with E-state index in [1.54, 1.807) is 0 Å². The summed E-state index contributed by atoms with van der Waals surface area (Å²) in [6.07, 6.45) is -1.58. The molecule has 8 nitrogen and oxygen atoms in total. The molecule has 6 unspecified atom stereocenters. The maximum absolute atomic E-state index is 7.11. The second-order valence-electron chi connectivity index (χ2n) is 14.6. The summed E-state index contributed by atoms with van der Waals surface area (Å²) in [7, 11) is 8.29. The molecule has 9 rings (SSSR count). The van der Waals surface area contributed by atoms with Crippen molar-refractivity contribution >= 4 is 260 Å². The first-order chi connectivity index (χ1) is 28.1. The summed E-state index contributed by atoms with van der Waals surface area (Å²) >= 11 is 75.2. The number of nitrogens with one attached hydrogen (secondary N) is 4. The Morgan fingerprint density at radius 2 is 1.00 bits per heavy atom. The van der Waals surface area contributed by atoms with E-state index in [1.165, 1.54) is 0 Å². The molecule has 0 spiro atoms. The van der Waals surface area contributed by atoms with Crippen molar-refractivity contribution in [2.24, 2.45) is 11.8 Å². The van der Waals surface area contributed by atoms with Crippen molar-refractivity contribution in [2.45, 2.75) is 24.7 Å². The third-order valence-corrected chi connectivity index (χ3v) is 27.1. The fourth-order valence-corrected chi connectivity index (χ4v) is 17.9. The molecule has 1 saturated heterocycles. The van der Waals surface area contributed by atoms with Crippen LogP contribution in [0.4, 0.5) is 0 Å². The third kappa shape index (κ3) is 6.62. The van der Waals surface area contributed by atoms with Gasteiger partial charge in [-0.2, -0.15) is 0 Å². The number of halogens is 16. The van der Waals surface area contributed by atoms with Crippen LogP contribution in [0.25, 0.3) is 10.8 Å². The van der Waals surface area contributed by atoms with Crippen LogP contribution in [0.3, 0.4) is 0 Å². The first kappa shape index (κ1) is 47.2. The van der Waals surface area contributed by atoms with Crippen LogP contribution in [0.5, 0.6) is 0 Å². The van der Waals surface area contributed by atoms with Gasteiger partial charge in [-0.1, -0.05) is 78.3 Å². The Bertz CT molecular complexity index is 3040. The zero-order valence-corrected chi connectivity index (χ0v) is 52.4. The van der Waals surface area contributed by atoms with Crippen molar-refractivity contribution < 1.29 is 9.15 Å². The summed E-state index contributed by atoms with van der Waals surface area (Å²) < 4.78 is 18.2. The van der Waals surface area contributed by atoms with Crippen molar-refractivity contribution in [1.29, 1.82) is 0 Å². The molecular formula is C36H22Br12Cl4N8+4. The Morgan fingerprint density at radius 1 is 0.483 bits per heavy atom. The summed E-state index contributed by atoms with van der Waals surface area (Å²) in [5.41, 5.74) is 5.45. The summed E-state index contributed by atoms with van der Waals surface area (Å²) in [5, 5.41) is 15.9. The van der Waals surface area contributed by atoms with Crippen LogP contribution in [0.2, 0.25) is 15.1 Å². The second kappa shape index (κ2) is 17.0. The quantitative estimate of drug-likeness (QED) is 0.0806. The average molecular weight is 1670 g/mol. The molecular weight excluding hydrogens is 1650 g/mol. The predicted molar refractivity (Wildman–Crippen MR) is 286 cm³/mol. The highest BCUT2D eigenvalue weighted by Crippen LogP contribution is 2.54. The Morgan fingerprint density at radius 3 is 1.65 bits per heavy atom. The normalized spacial score (nSPS) is 24.9. The smallest absolute Gasteiger partial charge is 0.247 e. The van der Waals surface area contributed by atoms with Gasteiger partial charge in [0, 0.05) is 42.5 Å². The average Bonchev–Trinajstić information content (AvgIpc) is 4.03. The van der Waals surface area contributed by atoms with Crippen molar-refractivity contribution in [1.82, 2.24) is 30.1 Å². The predicted octanol–water partition coefficient (Wildman–Crippen LogP) is 13.3. The van der Waals surface area contributed by atoms with Crippen molar-refractivity contribution in [3.63, 3.8) is 0 Å². The molecule has 5 aliphatic rings. The highest BCUT2D eigenvalue weighted by Gasteiger charge is 2.57. The molecule has 24 heteroatoms. The van der Waals surface area contributed by atoms with Gasteiger partial charge in [0.1, 0.15) is 5.92 Å². The molecule has 8 bridgehead atoms. The van der Waals surface area contributed by atoms with E-state index in [-0.39, 0.29) is 24.2 Å². The number of amidine groups is 2. The summed E-state index contributed by atoms with van der Waals surface area (Å²) in [6, 6.07) is 0. The molecule has 3 aromatic carbocycles. The zero-order chi connectivity index (χ0) is 43.6. The summed E-state index contributed by atoms with van der Waals surface area (Å²) in [5.74, 6) is 1.37. The summed E-state index contributed by atoms with van der Waals surface area (Å²) in [6.45, 7) is 0. The first-order valence-electron chi connectivity index (χ1n) is 17.3. The highest BCUT2D eigenvalue weighted by atomic mass is 79.9. The lowest BCUT2D eigenvalue weighted by Gasteiger charge is -2.26. The van der Waals surface area contributed by atoms with E-state index in [4.69, 9.17) is 46.4 Å². The number of hydrogen-bond donors (Lipinski definition) is 4. The van der Waals surface area contributed by atoms with Crippen LogP contribution in [0, 0.1) is 11.8 Å². The van der Waals surface area contributed by atoms with Crippen molar-refractivity contribution in [3.05, 3.63) is 107 Å². The molecule has 1 aromatic heterocycles. The molecule has 4 aromatic rings. The monoisotopic (exact) mass is 1650 g/mol. The van der Waals surface area contributed by atoms with Crippen LogP contribution in [-0.4, -0.2) is 60.2 Å². The molecule has 0 amide bonds. The lowest BCUT2D eigenvalue weighted by atomic mass is 9.88. The van der Waals surface area contributed by atoms with Crippen molar-refractivity contribution in [2.75, 3.05) is 28.2 Å². The standard InChI is InChI=1S/C36H19Br12Cl4N8/c1-57-29-5-10(18(42)26(50)21(45)13(5)37)34(53-29)59(3)31-7-12(20(44)28(52)23(47)15(7)39)36(55-31)60(4)32-8-11(19(43)27(51)24(48)16(8)40)35(56-32)58(2)30-6-9(33(57)54-30)17(41)25(49)22(46)14(6)38/h5,10,29,31,35-36,55H,1-4H3/q+1/p+3. The number of nitrogens with zero attached hydrogens (tertiary/aromatic N) is 4. The van der Waals surface area contributed by atoms with Gasteiger partial charge in [-0.25, -0.2) is 39.2 Å². The Balaban J connectivity index is 1.51. The van der Waals surface area contributed by atoms with Crippen LogP contribution >= 0.6 is 238 Å².